The van der Waals surface area contributed by atoms with Gasteiger partial charge in [-0.1, -0.05) is 48.5 Å². The smallest absolute Gasteiger partial charge is 0.343 e. The summed E-state index contributed by atoms with van der Waals surface area (Å²) in [6.45, 7) is 0. The van der Waals surface area contributed by atoms with Crippen LogP contribution in [0.25, 0.3) is 38.7 Å². The van der Waals surface area contributed by atoms with Crippen molar-refractivity contribution in [2.45, 2.75) is 0 Å². The van der Waals surface area contributed by atoms with E-state index < -0.39 is 5.97 Å². The third-order valence-electron chi connectivity index (χ3n) is 4.89. The Bertz CT molecular complexity index is 1380. The molecule has 0 unspecified atom stereocenters. The number of anilines is 1. The van der Waals surface area contributed by atoms with E-state index in [-0.39, 0.29) is 11.4 Å². The molecule has 6 heteroatoms. The number of hydrogen-bond acceptors (Lipinski definition) is 5. The van der Waals surface area contributed by atoms with Crippen molar-refractivity contribution in [3.05, 3.63) is 72.3 Å². The summed E-state index contributed by atoms with van der Waals surface area (Å²) < 4.78 is 6.76. The molecule has 0 bridgehead atoms. The number of rotatable bonds is 2. The van der Waals surface area contributed by atoms with Crippen LogP contribution in [-0.2, 0) is 4.74 Å². The lowest BCUT2D eigenvalue weighted by Crippen LogP contribution is -2.07. The lowest BCUT2D eigenvalue weighted by atomic mass is 10.1. The van der Waals surface area contributed by atoms with Crippen LogP contribution in [0, 0.1) is 0 Å². The standard InChI is InChI=1S/C22H16N4O2/c1-28-22(27)18-19-21(25-16-11-5-4-10-15(16)24-19)26(20(18)23)17-12-6-8-13-7-2-3-9-14(13)17/h2-12H,23H2,1H3. The quantitative estimate of drug-likeness (QED) is 0.474. The summed E-state index contributed by atoms with van der Waals surface area (Å²) in [4.78, 5) is 22.0. The number of fused-ring (bicyclic) bond motifs is 3. The number of para-hydroxylation sites is 2. The maximum absolute atomic E-state index is 12.5. The summed E-state index contributed by atoms with van der Waals surface area (Å²) in [6.07, 6.45) is 0. The van der Waals surface area contributed by atoms with Gasteiger partial charge < -0.3 is 10.5 Å². The number of esters is 1. The largest absolute Gasteiger partial charge is 0.465 e. The van der Waals surface area contributed by atoms with E-state index in [4.69, 9.17) is 15.5 Å². The van der Waals surface area contributed by atoms with Crippen LogP contribution in [0.1, 0.15) is 10.4 Å². The number of carbonyl (C=O) groups is 1. The van der Waals surface area contributed by atoms with E-state index >= 15 is 0 Å². The van der Waals surface area contributed by atoms with Crippen molar-refractivity contribution >= 4 is 44.8 Å². The molecule has 0 radical (unpaired) electrons. The Kier molecular flexibility index (Phi) is 3.52. The van der Waals surface area contributed by atoms with Crippen LogP contribution in [0.4, 0.5) is 5.82 Å². The topological polar surface area (TPSA) is 83.0 Å². The predicted molar refractivity (Wildman–Crippen MR) is 110 cm³/mol. The third-order valence-corrected chi connectivity index (χ3v) is 4.89. The number of hydrogen-bond donors (Lipinski definition) is 1. The average Bonchev–Trinajstić information content (AvgIpc) is 3.01. The third kappa shape index (κ3) is 2.24. The molecule has 2 heterocycles. The highest BCUT2D eigenvalue weighted by Crippen LogP contribution is 2.34. The first-order chi connectivity index (χ1) is 13.7. The molecule has 2 aromatic heterocycles. The van der Waals surface area contributed by atoms with Gasteiger partial charge in [0.15, 0.2) is 5.65 Å². The number of nitrogens with two attached hydrogens (primary N) is 1. The van der Waals surface area contributed by atoms with Gasteiger partial charge in [0.05, 0.1) is 23.8 Å². The summed E-state index contributed by atoms with van der Waals surface area (Å²) in [5.74, 6) is -0.278. The van der Waals surface area contributed by atoms with Gasteiger partial charge in [-0.2, -0.15) is 0 Å². The van der Waals surface area contributed by atoms with Gasteiger partial charge in [-0.15, -0.1) is 0 Å². The SMILES string of the molecule is COC(=O)c1c(N)n(-c2cccc3ccccc23)c2nc3ccccc3nc12. The van der Waals surface area contributed by atoms with Gasteiger partial charge >= 0.3 is 5.97 Å². The van der Waals surface area contributed by atoms with Crippen LogP contribution in [0.3, 0.4) is 0 Å². The number of ether oxygens (including phenoxy) is 1. The molecule has 5 rings (SSSR count). The monoisotopic (exact) mass is 368 g/mol. The molecule has 0 spiro atoms. The molecule has 28 heavy (non-hydrogen) atoms. The fourth-order valence-corrected chi connectivity index (χ4v) is 3.61. The van der Waals surface area contributed by atoms with Crippen molar-refractivity contribution in [3.8, 4) is 5.69 Å². The Morgan fingerprint density at radius 1 is 0.929 bits per heavy atom. The van der Waals surface area contributed by atoms with Gasteiger partial charge in [0.2, 0.25) is 0 Å². The van der Waals surface area contributed by atoms with Crippen molar-refractivity contribution < 1.29 is 9.53 Å². The maximum atomic E-state index is 12.5. The molecule has 0 aliphatic heterocycles. The lowest BCUT2D eigenvalue weighted by Gasteiger charge is -2.11. The summed E-state index contributed by atoms with van der Waals surface area (Å²) in [5.41, 5.74) is 9.89. The van der Waals surface area contributed by atoms with E-state index in [0.29, 0.717) is 16.7 Å². The summed E-state index contributed by atoms with van der Waals surface area (Å²) in [7, 11) is 1.33. The minimum absolute atomic E-state index is 0.226. The Morgan fingerprint density at radius 2 is 1.61 bits per heavy atom. The zero-order chi connectivity index (χ0) is 19.3. The predicted octanol–water partition coefficient (Wildman–Crippen LogP) is 4.10. The van der Waals surface area contributed by atoms with Crippen LogP contribution < -0.4 is 5.73 Å². The Labute approximate surface area is 160 Å². The van der Waals surface area contributed by atoms with Crippen molar-refractivity contribution in [3.63, 3.8) is 0 Å². The van der Waals surface area contributed by atoms with Gasteiger partial charge in [0.1, 0.15) is 16.9 Å². The van der Waals surface area contributed by atoms with Crippen molar-refractivity contribution in [1.29, 1.82) is 0 Å². The van der Waals surface area contributed by atoms with Crippen molar-refractivity contribution in [2.75, 3.05) is 12.8 Å². The fraction of sp³-hybridized carbons (Fsp3) is 0.0455. The molecule has 0 aliphatic carbocycles. The lowest BCUT2D eigenvalue weighted by molar-refractivity contribution is 0.0604. The number of aromatic nitrogens is 3. The second kappa shape index (κ2) is 6.06. The van der Waals surface area contributed by atoms with E-state index in [1.165, 1.54) is 7.11 Å². The molecule has 0 saturated carbocycles. The van der Waals surface area contributed by atoms with Gasteiger partial charge in [-0.3, -0.25) is 4.57 Å². The van der Waals surface area contributed by atoms with Gasteiger partial charge in [-0.05, 0) is 23.6 Å². The molecule has 0 fully saturated rings. The van der Waals surface area contributed by atoms with E-state index in [1.54, 1.807) is 4.57 Å². The molecule has 0 aliphatic rings. The minimum Gasteiger partial charge on any atom is -0.465 e. The summed E-state index contributed by atoms with van der Waals surface area (Å²) in [6, 6.07) is 21.5. The first kappa shape index (κ1) is 16.3. The summed E-state index contributed by atoms with van der Waals surface area (Å²) in [5, 5.41) is 2.06. The van der Waals surface area contributed by atoms with Gasteiger partial charge in [0, 0.05) is 5.39 Å². The maximum Gasteiger partial charge on any atom is 0.343 e. The Balaban J connectivity index is 1.97. The highest BCUT2D eigenvalue weighted by molar-refractivity contribution is 6.09. The highest BCUT2D eigenvalue weighted by atomic mass is 16.5. The van der Waals surface area contributed by atoms with Crippen LogP contribution in [0.2, 0.25) is 0 Å². The number of carbonyl (C=O) groups excluding carboxylic acids is 1. The van der Waals surface area contributed by atoms with E-state index in [9.17, 15) is 4.79 Å². The zero-order valence-electron chi connectivity index (χ0n) is 15.1. The molecule has 2 N–H and O–H groups in total. The number of benzene rings is 3. The molecule has 136 valence electrons. The first-order valence-corrected chi connectivity index (χ1v) is 8.82. The molecule has 0 saturated heterocycles. The Hall–Kier alpha value is -3.93. The van der Waals surface area contributed by atoms with E-state index in [1.807, 2.05) is 66.7 Å². The molecular formula is C22H16N4O2. The van der Waals surface area contributed by atoms with Crippen LogP contribution in [0.15, 0.2) is 66.7 Å². The second-order valence-electron chi connectivity index (χ2n) is 6.47. The molecule has 6 nitrogen and oxygen atoms in total. The molecule has 5 aromatic rings. The molecular weight excluding hydrogens is 352 g/mol. The average molecular weight is 368 g/mol. The normalized spacial score (nSPS) is 11.3. The Morgan fingerprint density at radius 3 is 2.39 bits per heavy atom. The zero-order valence-corrected chi connectivity index (χ0v) is 15.1. The van der Waals surface area contributed by atoms with Crippen molar-refractivity contribution in [1.82, 2.24) is 14.5 Å². The van der Waals surface area contributed by atoms with Gasteiger partial charge in [-0.25, -0.2) is 14.8 Å². The fourth-order valence-electron chi connectivity index (χ4n) is 3.61. The molecule has 0 atom stereocenters. The first-order valence-electron chi connectivity index (χ1n) is 8.82. The summed E-state index contributed by atoms with van der Waals surface area (Å²) >= 11 is 0. The van der Waals surface area contributed by atoms with Crippen LogP contribution in [-0.4, -0.2) is 27.6 Å². The van der Waals surface area contributed by atoms with Crippen LogP contribution in [0.5, 0.6) is 0 Å². The van der Waals surface area contributed by atoms with E-state index in [0.717, 1.165) is 22.0 Å². The second-order valence-corrected chi connectivity index (χ2v) is 6.47. The van der Waals surface area contributed by atoms with Gasteiger partial charge in [0.25, 0.3) is 0 Å². The van der Waals surface area contributed by atoms with Crippen LogP contribution >= 0.6 is 0 Å². The molecule has 0 amide bonds. The minimum atomic E-state index is -0.536. The number of nitrogen functional groups attached to an aromatic ring is 1. The van der Waals surface area contributed by atoms with E-state index in [2.05, 4.69) is 4.98 Å². The molecule has 3 aromatic carbocycles. The highest BCUT2D eigenvalue weighted by Gasteiger charge is 2.25. The van der Waals surface area contributed by atoms with Crippen molar-refractivity contribution in [2.24, 2.45) is 0 Å². The number of nitrogens with zero attached hydrogens (tertiary/aromatic N) is 3. The number of methoxy groups -OCH3 is 1.